The predicted molar refractivity (Wildman–Crippen MR) is 97.6 cm³/mol. The van der Waals surface area contributed by atoms with Crippen LogP contribution in [0.5, 0.6) is 0 Å². The maximum absolute atomic E-state index is 11.3. The molecular weight excluding hydrogens is 443 g/mol. The Kier molecular flexibility index (Phi) is 12.2. The monoisotopic (exact) mass is 469 g/mol. The molecule has 0 spiro atoms. The van der Waals surface area contributed by atoms with Crippen LogP contribution in [0, 0.1) is 0 Å². The van der Waals surface area contributed by atoms with Crippen molar-refractivity contribution in [2.45, 2.75) is 0 Å². The summed E-state index contributed by atoms with van der Waals surface area (Å²) in [4.78, 5) is 79.1. The number of aldehydes is 2. The van der Waals surface area contributed by atoms with E-state index in [-0.39, 0.29) is 39.3 Å². The summed E-state index contributed by atoms with van der Waals surface area (Å²) < 4.78 is 33.6. The lowest BCUT2D eigenvalue weighted by atomic mass is 10.4. The molecule has 14 nitrogen and oxygen atoms in total. The minimum Gasteiger partial charge on any atom is -0.324 e. The normalized spacial score (nSPS) is 13.5. The van der Waals surface area contributed by atoms with Crippen LogP contribution in [-0.2, 0) is 23.3 Å². The Balaban J connectivity index is 5.09. The summed E-state index contributed by atoms with van der Waals surface area (Å²) in [5, 5.41) is 0. The zero-order valence-electron chi connectivity index (χ0n) is 14.9. The average Bonchev–Trinajstić information content (AvgIpc) is 2.45. The SMILES string of the molecule is O=CCN(CC=O)CCN(CCN(CP(=O)(O)O)CP(=O)(O)O)CP(=O)(O)O. The molecule has 0 saturated carbocycles. The Labute approximate surface area is 161 Å². The van der Waals surface area contributed by atoms with Gasteiger partial charge in [-0.05, 0) is 0 Å². The Bertz CT molecular complexity index is 597. The highest BCUT2D eigenvalue weighted by molar-refractivity contribution is 7.52. The van der Waals surface area contributed by atoms with Crippen molar-refractivity contribution in [3.63, 3.8) is 0 Å². The number of rotatable bonds is 16. The highest BCUT2D eigenvalue weighted by Crippen LogP contribution is 2.41. The molecule has 0 amide bonds. The number of carbonyl (C=O) groups excluding carboxylic acids is 2. The van der Waals surface area contributed by atoms with Crippen molar-refractivity contribution in [3.8, 4) is 0 Å². The highest BCUT2D eigenvalue weighted by atomic mass is 31.2. The topological polar surface area (TPSA) is 216 Å². The van der Waals surface area contributed by atoms with E-state index in [2.05, 4.69) is 0 Å². The Morgan fingerprint density at radius 1 is 0.536 bits per heavy atom. The summed E-state index contributed by atoms with van der Waals surface area (Å²) in [6, 6.07) is 0. The second-order valence-corrected chi connectivity index (χ2v) is 10.9. The largest absolute Gasteiger partial charge is 0.339 e. The van der Waals surface area contributed by atoms with Crippen LogP contribution in [0.1, 0.15) is 0 Å². The molecule has 6 N–H and O–H groups in total. The summed E-state index contributed by atoms with van der Waals surface area (Å²) in [5.74, 6) is 0. The first-order valence-electron chi connectivity index (χ1n) is 7.83. The molecule has 0 saturated heterocycles. The van der Waals surface area contributed by atoms with Crippen molar-refractivity contribution in [2.75, 3.05) is 58.1 Å². The van der Waals surface area contributed by atoms with E-state index in [1.165, 1.54) is 9.80 Å². The first-order chi connectivity index (χ1) is 12.6. The van der Waals surface area contributed by atoms with Gasteiger partial charge in [-0.15, -0.1) is 0 Å². The third-order valence-electron chi connectivity index (χ3n) is 3.28. The van der Waals surface area contributed by atoms with E-state index in [0.29, 0.717) is 12.6 Å². The molecule has 0 aliphatic heterocycles. The van der Waals surface area contributed by atoms with E-state index in [1.807, 2.05) is 0 Å². The molecule has 17 heteroatoms. The maximum atomic E-state index is 11.3. The van der Waals surface area contributed by atoms with Crippen molar-refractivity contribution in [3.05, 3.63) is 0 Å². The molecule has 166 valence electrons. The minimum atomic E-state index is -4.63. The molecule has 0 aromatic heterocycles. The number of hydrogen-bond donors (Lipinski definition) is 6. The third-order valence-corrected chi connectivity index (χ3v) is 5.59. The van der Waals surface area contributed by atoms with E-state index in [4.69, 9.17) is 19.6 Å². The zero-order valence-corrected chi connectivity index (χ0v) is 17.6. The fourth-order valence-electron chi connectivity index (χ4n) is 2.25. The molecule has 28 heavy (non-hydrogen) atoms. The Morgan fingerprint density at radius 3 is 1.14 bits per heavy atom. The molecule has 0 aromatic rings. The van der Waals surface area contributed by atoms with E-state index in [9.17, 15) is 33.1 Å². The second-order valence-electron chi connectivity index (χ2n) is 6.02. The molecule has 0 aromatic carbocycles. The predicted octanol–water partition coefficient (Wildman–Crippen LogP) is -2.30. The highest BCUT2D eigenvalue weighted by Gasteiger charge is 2.27. The maximum Gasteiger partial charge on any atom is 0.339 e. The third kappa shape index (κ3) is 16.6. The summed E-state index contributed by atoms with van der Waals surface area (Å²) in [7, 11) is -13.8. The van der Waals surface area contributed by atoms with Crippen LogP contribution in [-0.4, -0.2) is 115 Å². The van der Waals surface area contributed by atoms with E-state index < -0.39 is 41.6 Å². The second kappa shape index (κ2) is 12.4. The van der Waals surface area contributed by atoms with Crippen molar-refractivity contribution >= 4 is 35.4 Å². The van der Waals surface area contributed by atoms with Crippen LogP contribution in [0.4, 0.5) is 0 Å². The summed E-state index contributed by atoms with van der Waals surface area (Å²) in [5.41, 5.74) is 0. The summed E-state index contributed by atoms with van der Waals surface area (Å²) in [6.45, 7) is -0.546. The molecule has 0 radical (unpaired) electrons. The zero-order chi connectivity index (χ0) is 22.0. The number of hydrogen-bond acceptors (Lipinski definition) is 8. The molecule has 0 aliphatic rings. The van der Waals surface area contributed by atoms with Gasteiger partial charge in [0.05, 0.1) is 13.1 Å². The Hall–Kier alpha value is -0.330. The first-order valence-corrected chi connectivity index (χ1v) is 13.2. The minimum absolute atomic E-state index is 0.00749. The molecule has 0 heterocycles. The molecule has 0 rings (SSSR count). The molecule has 0 bridgehead atoms. The van der Waals surface area contributed by atoms with Crippen LogP contribution in [0.3, 0.4) is 0 Å². The van der Waals surface area contributed by atoms with Gasteiger partial charge in [0.1, 0.15) is 31.4 Å². The summed E-state index contributed by atoms with van der Waals surface area (Å²) >= 11 is 0. The Morgan fingerprint density at radius 2 is 0.821 bits per heavy atom. The fraction of sp³-hybridized carbons (Fsp3) is 0.818. The van der Waals surface area contributed by atoms with Crippen molar-refractivity contribution in [1.29, 1.82) is 0 Å². The first kappa shape index (κ1) is 27.7. The van der Waals surface area contributed by atoms with Gasteiger partial charge >= 0.3 is 22.8 Å². The average molecular weight is 469 g/mol. The van der Waals surface area contributed by atoms with Crippen molar-refractivity contribution < 1.29 is 52.6 Å². The van der Waals surface area contributed by atoms with Crippen LogP contribution >= 0.6 is 22.8 Å². The van der Waals surface area contributed by atoms with Gasteiger partial charge in [-0.1, -0.05) is 0 Å². The van der Waals surface area contributed by atoms with Crippen LogP contribution in [0.25, 0.3) is 0 Å². The van der Waals surface area contributed by atoms with Gasteiger partial charge in [-0.3, -0.25) is 28.4 Å². The smallest absolute Gasteiger partial charge is 0.324 e. The molecule has 0 aliphatic carbocycles. The van der Waals surface area contributed by atoms with Gasteiger partial charge in [0.2, 0.25) is 0 Å². The lowest BCUT2D eigenvalue weighted by Gasteiger charge is -2.29. The standard InChI is InChI=1S/C11H26N3O11P3/c15-7-5-12(6-8-16)1-2-13(9-26(17,18)19)3-4-14(10-27(20,21)22)11-28(23,24)25/h7-8H,1-6,9-11H2,(H2,17,18,19)(H2,20,21,22)(H2,23,24,25). The van der Waals surface area contributed by atoms with Gasteiger partial charge in [-0.2, -0.15) is 0 Å². The van der Waals surface area contributed by atoms with Crippen LogP contribution in [0.2, 0.25) is 0 Å². The van der Waals surface area contributed by atoms with Gasteiger partial charge in [0.25, 0.3) is 0 Å². The fourth-order valence-corrected chi connectivity index (χ4v) is 4.74. The van der Waals surface area contributed by atoms with E-state index in [0.717, 1.165) is 4.90 Å². The van der Waals surface area contributed by atoms with Gasteiger partial charge in [-0.25, -0.2) is 0 Å². The van der Waals surface area contributed by atoms with Crippen molar-refractivity contribution in [2.24, 2.45) is 0 Å². The lowest BCUT2D eigenvalue weighted by Crippen LogP contribution is -2.41. The summed E-state index contributed by atoms with van der Waals surface area (Å²) in [6.07, 6.45) is -1.49. The van der Waals surface area contributed by atoms with Crippen LogP contribution in [0.15, 0.2) is 0 Å². The quantitative estimate of drug-likeness (QED) is 0.103. The number of nitrogens with zero attached hydrogens (tertiary/aromatic N) is 3. The molecular formula is C11H26N3O11P3. The van der Waals surface area contributed by atoms with Gasteiger partial charge in [0.15, 0.2) is 0 Å². The number of carbonyl (C=O) groups is 2. The van der Waals surface area contributed by atoms with Crippen molar-refractivity contribution in [1.82, 2.24) is 14.7 Å². The van der Waals surface area contributed by atoms with Gasteiger partial charge < -0.3 is 38.9 Å². The van der Waals surface area contributed by atoms with E-state index >= 15 is 0 Å². The molecule has 0 unspecified atom stereocenters. The van der Waals surface area contributed by atoms with Gasteiger partial charge in [0, 0.05) is 26.2 Å². The lowest BCUT2D eigenvalue weighted by molar-refractivity contribution is -0.111. The van der Waals surface area contributed by atoms with Crippen LogP contribution < -0.4 is 0 Å². The molecule has 0 atom stereocenters. The molecule has 0 fully saturated rings. The van der Waals surface area contributed by atoms with E-state index in [1.54, 1.807) is 0 Å².